The van der Waals surface area contributed by atoms with Crippen LogP contribution in [0, 0.1) is 11.7 Å². The van der Waals surface area contributed by atoms with Crippen LogP contribution in [-0.2, 0) is 11.2 Å². The average molecular weight is 360 g/mol. The van der Waals surface area contributed by atoms with Crippen molar-refractivity contribution in [1.82, 2.24) is 5.32 Å². The molecular formula is C19H21FN2O4. The molecule has 0 aromatic heterocycles. The number of amides is 2. The van der Waals surface area contributed by atoms with Gasteiger partial charge >= 0.3 is 0 Å². The van der Waals surface area contributed by atoms with E-state index in [-0.39, 0.29) is 17.9 Å². The number of halogens is 1. The van der Waals surface area contributed by atoms with Gasteiger partial charge in [0.15, 0.2) is 0 Å². The van der Waals surface area contributed by atoms with E-state index >= 15 is 0 Å². The Bertz CT molecular complexity index is 778. The van der Waals surface area contributed by atoms with E-state index in [2.05, 4.69) is 5.32 Å². The zero-order valence-electron chi connectivity index (χ0n) is 14.6. The van der Waals surface area contributed by atoms with Crippen molar-refractivity contribution in [2.75, 3.05) is 20.8 Å². The number of carbonyl (C=O) groups is 2. The quantitative estimate of drug-likeness (QED) is 0.752. The van der Waals surface area contributed by atoms with E-state index in [1.54, 1.807) is 30.3 Å². The highest BCUT2D eigenvalue weighted by Crippen LogP contribution is 2.23. The molecule has 0 bridgehead atoms. The molecule has 0 saturated carbocycles. The third-order valence-corrected chi connectivity index (χ3v) is 3.96. The second-order valence-corrected chi connectivity index (χ2v) is 5.71. The first-order chi connectivity index (χ1) is 12.4. The minimum atomic E-state index is -0.624. The Morgan fingerprint density at radius 3 is 2.38 bits per heavy atom. The second-order valence-electron chi connectivity index (χ2n) is 5.71. The van der Waals surface area contributed by atoms with E-state index in [0.717, 1.165) is 5.56 Å². The highest BCUT2D eigenvalue weighted by molar-refractivity contribution is 5.97. The summed E-state index contributed by atoms with van der Waals surface area (Å²) in [5.41, 5.74) is 6.47. The van der Waals surface area contributed by atoms with E-state index in [1.807, 2.05) is 0 Å². The van der Waals surface area contributed by atoms with Gasteiger partial charge in [0.25, 0.3) is 5.91 Å². The van der Waals surface area contributed by atoms with Gasteiger partial charge < -0.3 is 20.5 Å². The van der Waals surface area contributed by atoms with E-state index < -0.39 is 17.7 Å². The van der Waals surface area contributed by atoms with Gasteiger partial charge in [-0.1, -0.05) is 12.1 Å². The van der Waals surface area contributed by atoms with Gasteiger partial charge in [0, 0.05) is 6.54 Å². The third-order valence-electron chi connectivity index (χ3n) is 3.96. The Labute approximate surface area is 151 Å². The summed E-state index contributed by atoms with van der Waals surface area (Å²) in [6.07, 6.45) is 0.297. The molecule has 1 unspecified atom stereocenters. The molecule has 0 fully saturated rings. The third kappa shape index (κ3) is 4.95. The molecule has 2 rings (SSSR count). The SMILES string of the molecule is COc1ccc(OC)c(C(=O)NCC(Cc2ccc(F)cc2)C(N)=O)c1. The Morgan fingerprint density at radius 2 is 1.81 bits per heavy atom. The lowest BCUT2D eigenvalue weighted by molar-refractivity contribution is -0.121. The van der Waals surface area contributed by atoms with Gasteiger partial charge in [-0.15, -0.1) is 0 Å². The van der Waals surface area contributed by atoms with Gasteiger partial charge in [-0.2, -0.15) is 0 Å². The number of nitrogens with one attached hydrogen (secondary N) is 1. The van der Waals surface area contributed by atoms with Gasteiger partial charge in [-0.05, 0) is 42.3 Å². The molecule has 3 N–H and O–H groups in total. The average Bonchev–Trinajstić information content (AvgIpc) is 2.65. The van der Waals surface area contributed by atoms with Crippen LogP contribution in [0.25, 0.3) is 0 Å². The van der Waals surface area contributed by atoms with Crippen LogP contribution in [0.3, 0.4) is 0 Å². The van der Waals surface area contributed by atoms with Gasteiger partial charge in [-0.3, -0.25) is 9.59 Å². The number of hydrogen-bond acceptors (Lipinski definition) is 4. The zero-order chi connectivity index (χ0) is 19.1. The molecule has 7 heteroatoms. The highest BCUT2D eigenvalue weighted by Gasteiger charge is 2.19. The molecule has 0 aliphatic heterocycles. The minimum absolute atomic E-state index is 0.0475. The molecule has 138 valence electrons. The summed E-state index contributed by atoms with van der Waals surface area (Å²) in [5, 5.41) is 2.69. The van der Waals surface area contributed by atoms with Crippen LogP contribution >= 0.6 is 0 Å². The fraction of sp³-hybridized carbons (Fsp3) is 0.263. The number of carbonyl (C=O) groups excluding carboxylic acids is 2. The van der Waals surface area contributed by atoms with Crippen molar-refractivity contribution in [2.45, 2.75) is 6.42 Å². The van der Waals surface area contributed by atoms with Crippen molar-refractivity contribution in [3.05, 3.63) is 59.4 Å². The molecule has 2 aromatic rings. The molecule has 0 spiro atoms. The number of methoxy groups -OCH3 is 2. The van der Waals surface area contributed by atoms with Crippen molar-refractivity contribution in [1.29, 1.82) is 0 Å². The normalized spacial score (nSPS) is 11.5. The molecule has 6 nitrogen and oxygen atoms in total. The van der Waals surface area contributed by atoms with Crippen molar-refractivity contribution in [3.63, 3.8) is 0 Å². The topological polar surface area (TPSA) is 90.7 Å². The Kier molecular flexibility index (Phi) is 6.54. The van der Waals surface area contributed by atoms with E-state index in [0.29, 0.717) is 17.9 Å². The molecule has 0 aliphatic carbocycles. The van der Waals surface area contributed by atoms with Gasteiger partial charge in [0.05, 0.1) is 25.7 Å². The summed E-state index contributed by atoms with van der Waals surface area (Å²) in [6.45, 7) is 0.0475. The van der Waals surface area contributed by atoms with Crippen LogP contribution in [0.1, 0.15) is 15.9 Å². The standard InChI is InChI=1S/C19H21FN2O4/c1-25-15-7-8-17(26-2)16(10-15)19(24)22-11-13(18(21)23)9-12-3-5-14(20)6-4-12/h3-8,10,13H,9,11H2,1-2H3,(H2,21,23)(H,22,24). The lowest BCUT2D eigenvalue weighted by atomic mass is 9.98. The smallest absolute Gasteiger partial charge is 0.255 e. The van der Waals surface area contributed by atoms with Crippen LogP contribution in [0.5, 0.6) is 11.5 Å². The molecule has 0 heterocycles. The van der Waals surface area contributed by atoms with Crippen LogP contribution in [0.15, 0.2) is 42.5 Å². The first-order valence-electron chi connectivity index (χ1n) is 7.98. The lowest BCUT2D eigenvalue weighted by Gasteiger charge is -2.16. The summed E-state index contributed by atoms with van der Waals surface area (Å²) < 4.78 is 23.3. The van der Waals surface area contributed by atoms with Crippen LogP contribution in [-0.4, -0.2) is 32.6 Å². The predicted molar refractivity (Wildman–Crippen MR) is 94.7 cm³/mol. The number of benzene rings is 2. The van der Waals surface area contributed by atoms with Crippen LogP contribution in [0.2, 0.25) is 0 Å². The Balaban J connectivity index is 2.07. The van der Waals surface area contributed by atoms with Gasteiger partial charge in [-0.25, -0.2) is 4.39 Å². The fourth-order valence-corrected chi connectivity index (χ4v) is 2.48. The first kappa shape index (κ1) is 19.2. The fourth-order valence-electron chi connectivity index (χ4n) is 2.48. The van der Waals surface area contributed by atoms with Crippen LogP contribution < -0.4 is 20.5 Å². The maximum Gasteiger partial charge on any atom is 0.255 e. The summed E-state index contributed by atoms with van der Waals surface area (Å²) in [5.74, 6) is -1.05. The summed E-state index contributed by atoms with van der Waals surface area (Å²) >= 11 is 0. The molecule has 0 radical (unpaired) electrons. The molecule has 26 heavy (non-hydrogen) atoms. The van der Waals surface area contributed by atoms with E-state index in [1.165, 1.54) is 26.4 Å². The van der Waals surface area contributed by atoms with Crippen molar-refractivity contribution in [2.24, 2.45) is 11.7 Å². The van der Waals surface area contributed by atoms with Crippen molar-refractivity contribution < 1.29 is 23.5 Å². The Hall–Kier alpha value is -3.09. The van der Waals surface area contributed by atoms with E-state index in [9.17, 15) is 14.0 Å². The number of rotatable bonds is 8. The number of ether oxygens (including phenoxy) is 2. The lowest BCUT2D eigenvalue weighted by Crippen LogP contribution is -2.37. The molecule has 2 amide bonds. The largest absolute Gasteiger partial charge is 0.497 e. The molecule has 1 atom stereocenters. The van der Waals surface area contributed by atoms with Crippen molar-refractivity contribution in [3.8, 4) is 11.5 Å². The number of primary amides is 1. The Morgan fingerprint density at radius 1 is 1.12 bits per heavy atom. The predicted octanol–water partition coefficient (Wildman–Crippen LogP) is 1.92. The van der Waals surface area contributed by atoms with E-state index in [4.69, 9.17) is 15.2 Å². The number of hydrogen-bond donors (Lipinski definition) is 2. The molecule has 0 aliphatic rings. The molecule has 2 aromatic carbocycles. The molecular weight excluding hydrogens is 339 g/mol. The van der Waals surface area contributed by atoms with Gasteiger partial charge in [0.2, 0.25) is 5.91 Å². The summed E-state index contributed by atoms with van der Waals surface area (Å²) in [7, 11) is 2.95. The van der Waals surface area contributed by atoms with Crippen molar-refractivity contribution >= 4 is 11.8 Å². The zero-order valence-corrected chi connectivity index (χ0v) is 14.6. The maximum atomic E-state index is 13.0. The van der Waals surface area contributed by atoms with Crippen LogP contribution in [0.4, 0.5) is 4.39 Å². The maximum absolute atomic E-state index is 13.0. The summed E-state index contributed by atoms with van der Waals surface area (Å²) in [6, 6.07) is 10.6. The second kappa shape index (κ2) is 8.84. The monoisotopic (exact) mass is 360 g/mol. The first-order valence-corrected chi connectivity index (χ1v) is 7.98. The summed E-state index contributed by atoms with van der Waals surface area (Å²) in [4.78, 5) is 24.2. The van der Waals surface area contributed by atoms with Gasteiger partial charge in [0.1, 0.15) is 17.3 Å². The minimum Gasteiger partial charge on any atom is -0.497 e. The highest BCUT2D eigenvalue weighted by atomic mass is 19.1. The molecule has 0 saturated heterocycles. The number of nitrogens with two attached hydrogens (primary N) is 1.